The van der Waals surface area contributed by atoms with Gasteiger partial charge in [-0.05, 0) is 6.92 Å². The van der Waals surface area contributed by atoms with Crippen molar-refractivity contribution in [3.63, 3.8) is 0 Å². The van der Waals surface area contributed by atoms with E-state index >= 15 is 0 Å². The van der Waals surface area contributed by atoms with Gasteiger partial charge in [0.1, 0.15) is 0 Å². The Kier molecular flexibility index (Phi) is 6.49. The van der Waals surface area contributed by atoms with E-state index in [9.17, 15) is 13.2 Å². The first-order valence-electron chi connectivity index (χ1n) is 4.76. The molecule has 0 heterocycles. The van der Waals surface area contributed by atoms with E-state index in [2.05, 4.69) is 9.46 Å². The highest BCUT2D eigenvalue weighted by Crippen LogP contribution is 1.93. The molecule has 8 heteroatoms. The van der Waals surface area contributed by atoms with Gasteiger partial charge in [-0.2, -0.15) is 0 Å². The summed E-state index contributed by atoms with van der Waals surface area (Å²) in [6.07, 6.45) is -1.02. The minimum atomic E-state index is -3.56. The van der Waals surface area contributed by atoms with Gasteiger partial charge in [-0.25, -0.2) is 13.1 Å². The smallest absolute Gasteiger partial charge is 0.306 e. The molecule has 7 nitrogen and oxygen atoms in total. The maximum absolute atomic E-state index is 11.3. The predicted octanol–water partition coefficient (Wildman–Crippen LogP) is -1.82. The third-order valence-electron chi connectivity index (χ3n) is 1.96. The van der Waals surface area contributed by atoms with Crippen molar-refractivity contribution in [2.24, 2.45) is 5.73 Å². The van der Waals surface area contributed by atoms with Crippen LogP contribution >= 0.6 is 0 Å². The Labute approximate surface area is 95.0 Å². The fourth-order valence-electron chi connectivity index (χ4n) is 0.786. The minimum Gasteiger partial charge on any atom is -0.469 e. The van der Waals surface area contributed by atoms with Gasteiger partial charge < -0.3 is 15.6 Å². The lowest BCUT2D eigenvalue weighted by Crippen LogP contribution is -2.44. The number of hydrogen-bond acceptors (Lipinski definition) is 6. The molecule has 0 aliphatic heterocycles. The number of nitrogens with one attached hydrogen (secondary N) is 1. The molecule has 0 aromatic rings. The van der Waals surface area contributed by atoms with Gasteiger partial charge in [-0.1, -0.05) is 0 Å². The minimum absolute atomic E-state index is 0.0683. The van der Waals surface area contributed by atoms with Crippen molar-refractivity contribution in [2.45, 2.75) is 25.5 Å². The van der Waals surface area contributed by atoms with Crippen LogP contribution in [0.4, 0.5) is 0 Å². The summed E-state index contributed by atoms with van der Waals surface area (Å²) >= 11 is 0. The predicted molar refractivity (Wildman–Crippen MR) is 58.1 cm³/mol. The van der Waals surface area contributed by atoms with Crippen molar-refractivity contribution < 1.29 is 23.1 Å². The molecule has 0 saturated carbocycles. The molecule has 2 atom stereocenters. The molecule has 0 radical (unpaired) electrons. The third-order valence-corrected chi connectivity index (χ3v) is 3.31. The molecule has 0 amide bonds. The first-order valence-corrected chi connectivity index (χ1v) is 6.41. The van der Waals surface area contributed by atoms with Gasteiger partial charge in [-0.15, -0.1) is 0 Å². The molecule has 0 aromatic carbocycles. The second-order valence-electron chi connectivity index (χ2n) is 3.40. The van der Waals surface area contributed by atoms with Gasteiger partial charge >= 0.3 is 5.97 Å². The number of carbonyl (C=O) groups excluding carboxylic acids is 1. The number of aliphatic hydroxyl groups is 1. The van der Waals surface area contributed by atoms with Gasteiger partial charge in [0.15, 0.2) is 0 Å². The van der Waals surface area contributed by atoms with Gasteiger partial charge in [0.2, 0.25) is 10.0 Å². The average molecular weight is 254 g/mol. The summed E-state index contributed by atoms with van der Waals surface area (Å²) in [5, 5.41) is 9.04. The molecule has 0 fully saturated rings. The first kappa shape index (κ1) is 15.3. The Bertz CT molecular complexity index is 314. The molecule has 0 rings (SSSR count). The van der Waals surface area contributed by atoms with E-state index in [0.717, 1.165) is 0 Å². The van der Waals surface area contributed by atoms with Crippen LogP contribution in [0, 0.1) is 0 Å². The summed E-state index contributed by atoms with van der Waals surface area (Å²) in [7, 11) is -2.37. The molecule has 0 bridgehead atoms. The van der Waals surface area contributed by atoms with Crippen molar-refractivity contribution >= 4 is 16.0 Å². The molecule has 0 aromatic heterocycles. The maximum Gasteiger partial charge on any atom is 0.306 e. The first-order chi connectivity index (χ1) is 7.28. The number of sulfonamides is 1. The van der Waals surface area contributed by atoms with Crippen molar-refractivity contribution in [3.8, 4) is 0 Å². The van der Waals surface area contributed by atoms with Crippen molar-refractivity contribution in [2.75, 3.05) is 19.4 Å². The van der Waals surface area contributed by atoms with Crippen LogP contribution in [0.1, 0.15) is 13.3 Å². The van der Waals surface area contributed by atoms with Crippen LogP contribution in [-0.4, -0.2) is 51.0 Å². The Morgan fingerprint density at radius 2 is 2.12 bits per heavy atom. The average Bonchev–Trinajstić information content (AvgIpc) is 2.22. The maximum atomic E-state index is 11.3. The number of carbonyl (C=O) groups is 1. The zero-order valence-electron chi connectivity index (χ0n) is 9.34. The highest BCUT2D eigenvalue weighted by Gasteiger charge is 2.16. The third kappa shape index (κ3) is 6.72. The Morgan fingerprint density at radius 1 is 1.56 bits per heavy atom. The fourth-order valence-corrected chi connectivity index (χ4v) is 1.81. The number of aliphatic hydroxyl groups excluding tert-OH is 1. The van der Waals surface area contributed by atoms with Crippen LogP contribution in [0.25, 0.3) is 0 Å². The quantitative estimate of drug-likeness (QED) is 0.460. The topological polar surface area (TPSA) is 119 Å². The Balaban J connectivity index is 4.02. The van der Waals surface area contributed by atoms with E-state index in [4.69, 9.17) is 10.8 Å². The highest BCUT2D eigenvalue weighted by molar-refractivity contribution is 7.89. The number of nitrogens with two attached hydrogens (primary N) is 1. The summed E-state index contributed by atoms with van der Waals surface area (Å²) in [5.41, 5.74) is 5.44. The molecule has 0 aliphatic rings. The van der Waals surface area contributed by atoms with E-state index in [-0.39, 0.29) is 18.7 Å². The van der Waals surface area contributed by atoms with E-state index in [1.54, 1.807) is 0 Å². The normalized spacial score (nSPS) is 15.5. The van der Waals surface area contributed by atoms with Crippen LogP contribution in [0.3, 0.4) is 0 Å². The molecular formula is C8H18N2O5S. The Morgan fingerprint density at radius 3 is 2.56 bits per heavy atom. The van der Waals surface area contributed by atoms with Crippen LogP contribution in [0.5, 0.6) is 0 Å². The molecule has 0 spiro atoms. The lowest BCUT2D eigenvalue weighted by atomic mass is 10.2. The zero-order chi connectivity index (χ0) is 12.8. The number of rotatable bonds is 7. The highest BCUT2D eigenvalue weighted by atomic mass is 32.2. The molecule has 96 valence electrons. The molecule has 0 aliphatic carbocycles. The lowest BCUT2D eigenvalue weighted by Gasteiger charge is -2.15. The summed E-state index contributed by atoms with van der Waals surface area (Å²) in [4.78, 5) is 10.7. The zero-order valence-corrected chi connectivity index (χ0v) is 10.2. The van der Waals surface area contributed by atoms with E-state index in [1.165, 1.54) is 14.0 Å². The molecule has 4 N–H and O–H groups in total. The summed E-state index contributed by atoms with van der Waals surface area (Å²) in [6.45, 7) is 1.40. The Hall–Kier alpha value is -0.700. The van der Waals surface area contributed by atoms with Gasteiger partial charge in [0.05, 0.1) is 25.4 Å². The molecule has 16 heavy (non-hydrogen) atoms. The summed E-state index contributed by atoms with van der Waals surface area (Å²) in [5.74, 6) is -0.947. The van der Waals surface area contributed by atoms with Gasteiger partial charge in [0, 0.05) is 12.6 Å². The monoisotopic (exact) mass is 254 g/mol. The van der Waals surface area contributed by atoms with E-state index in [1.807, 2.05) is 0 Å². The van der Waals surface area contributed by atoms with Crippen LogP contribution < -0.4 is 10.5 Å². The molecule has 2 unspecified atom stereocenters. The van der Waals surface area contributed by atoms with Crippen molar-refractivity contribution in [1.82, 2.24) is 4.72 Å². The van der Waals surface area contributed by atoms with Gasteiger partial charge in [0.25, 0.3) is 0 Å². The number of hydrogen-bond donors (Lipinski definition) is 3. The van der Waals surface area contributed by atoms with Crippen molar-refractivity contribution in [1.29, 1.82) is 0 Å². The largest absolute Gasteiger partial charge is 0.469 e. The van der Waals surface area contributed by atoms with Crippen LogP contribution in [0.15, 0.2) is 0 Å². The molecule has 0 saturated heterocycles. The van der Waals surface area contributed by atoms with E-state index < -0.39 is 28.1 Å². The molecular weight excluding hydrogens is 236 g/mol. The number of ether oxygens (including phenoxy) is 1. The second-order valence-corrected chi connectivity index (χ2v) is 5.32. The lowest BCUT2D eigenvalue weighted by molar-refractivity contribution is -0.140. The number of methoxy groups -OCH3 is 1. The van der Waals surface area contributed by atoms with Crippen LogP contribution in [0.2, 0.25) is 0 Å². The fraction of sp³-hybridized carbons (Fsp3) is 0.875. The van der Waals surface area contributed by atoms with Gasteiger partial charge in [-0.3, -0.25) is 4.79 Å². The SMILES string of the molecule is COC(=O)CCS(=O)(=O)NCC(N)C(C)O. The standard InChI is InChI=1S/C8H18N2O5S/c1-6(11)7(9)5-10-16(13,14)4-3-8(12)15-2/h6-7,10-11H,3-5,9H2,1-2H3. The van der Waals surface area contributed by atoms with E-state index in [0.29, 0.717) is 0 Å². The summed E-state index contributed by atoms with van der Waals surface area (Å²) in [6, 6.07) is -0.673. The van der Waals surface area contributed by atoms with Crippen LogP contribution in [-0.2, 0) is 19.6 Å². The number of esters is 1. The summed E-state index contributed by atoms with van der Waals surface area (Å²) < 4.78 is 29.2. The second kappa shape index (κ2) is 6.79. The van der Waals surface area contributed by atoms with Crippen molar-refractivity contribution in [3.05, 3.63) is 0 Å².